The summed E-state index contributed by atoms with van der Waals surface area (Å²) in [5.74, 6) is 0. The molecule has 0 aromatic rings. The molecule has 1 fully saturated rings. The molecule has 0 heterocycles. The van der Waals surface area contributed by atoms with Gasteiger partial charge < -0.3 is 6.42 Å². The van der Waals surface area contributed by atoms with E-state index in [0.29, 0.717) is 0 Å². The number of hydrogen-bond donors (Lipinski definition) is 0. The average molecular weight is 103 g/mol. The van der Waals surface area contributed by atoms with Crippen LogP contribution >= 0.6 is 0 Å². The molecule has 1 rings (SSSR count). The molecule has 0 N–H and O–H groups in total. The Morgan fingerprint density at radius 3 is 1.40 bits per heavy atom. The Labute approximate surface area is 47.8 Å². The maximum absolute atomic E-state index is 2.31. The predicted molar refractivity (Wildman–Crippen MR) is 18.2 cm³/mol. The molecule has 5 heavy (non-hydrogen) atoms. The zero-order valence-corrected chi connectivity index (χ0v) is 4.76. The van der Waals surface area contributed by atoms with Crippen molar-refractivity contribution in [2.45, 2.75) is 19.3 Å². The van der Waals surface area contributed by atoms with Crippen molar-refractivity contribution in [1.29, 1.82) is 0 Å². The fraction of sp³-hybridized carbons (Fsp3) is 0.750. The standard InChI is InChI=1S/C4H7.Ti/c1-2-4-3-1;/h1H,2-4H2;/q-1;. The summed E-state index contributed by atoms with van der Waals surface area (Å²) in [6, 6.07) is 0. The molecule has 0 spiro atoms. The van der Waals surface area contributed by atoms with Crippen LogP contribution in [0.1, 0.15) is 19.3 Å². The van der Waals surface area contributed by atoms with Gasteiger partial charge in [-0.25, -0.2) is 0 Å². The van der Waals surface area contributed by atoms with Crippen LogP contribution in [0.3, 0.4) is 0 Å². The summed E-state index contributed by atoms with van der Waals surface area (Å²) in [6.45, 7) is 0. The Morgan fingerprint density at radius 2 is 1.40 bits per heavy atom. The molecule has 1 saturated carbocycles. The Balaban J connectivity index is 0.000000160. The molecule has 0 unspecified atom stereocenters. The predicted octanol–water partition coefficient (Wildman–Crippen LogP) is 1.37. The third-order valence-corrected chi connectivity index (χ3v) is 0.816. The van der Waals surface area contributed by atoms with Gasteiger partial charge in [0.2, 0.25) is 0 Å². The summed E-state index contributed by atoms with van der Waals surface area (Å²) in [7, 11) is 0. The molecule has 0 saturated heterocycles. The van der Waals surface area contributed by atoms with Crippen molar-refractivity contribution in [1.82, 2.24) is 0 Å². The van der Waals surface area contributed by atoms with E-state index >= 15 is 0 Å². The molecule has 0 bridgehead atoms. The van der Waals surface area contributed by atoms with Gasteiger partial charge >= 0.3 is 0 Å². The molecule has 1 aliphatic carbocycles. The van der Waals surface area contributed by atoms with E-state index in [0.717, 1.165) is 0 Å². The smallest absolute Gasteiger partial charge is 0 e. The molecule has 1 heteroatoms. The molecule has 0 amide bonds. The molecule has 1 aliphatic rings. The summed E-state index contributed by atoms with van der Waals surface area (Å²) in [5, 5.41) is 0. The van der Waals surface area contributed by atoms with Crippen molar-refractivity contribution in [2.75, 3.05) is 0 Å². The number of hydrogen-bond acceptors (Lipinski definition) is 0. The third-order valence-electron chi connectivity index (χ3n) is 0.816. The first-order valence-corrected chi connectivity index (χ1v) is 1.82. The summed E-state index contributed by atoms with van der Waals surface area (Å²) < 4.78 is 0. The first-order chi connectivity index (χ1) is 2.00. The second kappa shape index (κ2) is 2.93. The van der Waals surface area contributed by atoms with E-state index < -0.39 is 0 Å². The Bertz CT molecular complexity index is 11.6. The minimum Gasteiger partial charge on any atom is -0.329 e. The van der Waals surface area contributed by atoms with Gasteiger partial charge in [0.25, 0.3) is 0 Å². The van der Waals surface area contributed by atoms with Crippen molar-refractivity contribution in [2.24, 2.45) is 0 Å². The zero-order valence-electron chi connectivity index (χ0n) is 3.20. The van der Waals surface area contributed by atoms with Gasteiger partial charge in [0.15, 0.2) is 0 Å². The van der Waals surface area contributed by atoms with Crippen molar-refractivity contribution < 1.29 is 21.7 Å². The van der Waals surface area contributed by atoms with E-state index in [4.69, 9.17) is 0 Å². The van der Waals surface area contributed by atoms with Crippen molar-refractivity contribution in [3.05, 3.63) is 6.42 Å². The van der Waals surface area contributed by atoms with Crippen LogP contribution in [0.2, 0.25) is 0 Å². The van der Waals surface area contributed by atoms with Gasteiger partial charge in [0.1, 0.15) is 0 Å². The van der Waals surface area contributed by atoms with Gasteiger partial charge in [-0.3, -0.25) is 0 Å². The van der Waals surface area contributed by atoms with Gasteiger partial charge in [-0.15, -0.1) is 6.42 Å². The molecule has 0 radical (unpaired) electrons. The fourth-order valence-corrected chi connectivity index (χ4v) is 0.204. The molecular weight excluding hydrogens is 95.9 g/mol. The van der Waals surface area contributed by atoms with Crippen LogP contribution in [0.5, 0.6) is 0 Å². The average Bonchev–Trinajstić information content (AvgIpc) is 0.722. The van der Waals surface area contributed by atoms with Gasteiger partial charge in [-0.2, -0.15) is 12.8 Å². The van der Waals surface area contributed by atoms with Gasteiger partial charge in [0.05, 0.1) is 0 Å². The minimum atomic E-state index is 0. The Kier molecular flexibility index (Phi) is 3.34. The third kappa shape index (κ3) is 1.56. The van der Waals surface area contributed by atoms with Gasteiger partial charge in [0, 0.05) is 21.7 Å². The quantitative estimate of drug-likeness (QED) is 0.321. The summed E-state index contributed by atoms with van der Waals surface area (Å²) in [6.07, 6.45) is 6.50. The normalized spacial score (nSPS) is 19.2. The van der Waals surface area contributed by atoms with E-state index in [1.807, 2.05) is 0 Å². The Morgan fingerprint density at radius 1 is 1.20 bits per heavy atom. The number of rotatable bonds is 0. The maximum atomic E-state index is 2.31. The molecule has 0 atom stereocenters. The molecule has 28 valence electrons. The van der Waals surface area contributed by atoms with Crippen molar-refractivity contribution in [3.63, 3.8) is 0 Å². The van der Waals surface area contributed by atoms with Crippen LogP contribution in [0.25, 0.3) is 0 Å². The van der Waals surface area contributed by atoms with E-state index in [9.17, 15) is 0 Å². The first kappa shape index (κ1) is 5.71. The molecule has 0 aromatic heterocycles. The van der Waals surface area contributed by atoms with Crippen molar-refractivity contribution in [3.8, 4) is 0 Å². The molecule has 0 aromatic carbocycles. The largest absolute Gasteiger partial charge is 0.329 e. The molecule has 0 aliphatic heterocycles. The Hall–Kier alpha value is 0.714. The maximum Gasteiger partial charge on any atom is 0 e. The van der Waals surface area contributed by atoms with Crippen LogP contribution in [-0.4, -0.2) is 0 Å². The van der Waals surface area contributed by atoms with Crippen LogP contribution in [-0.2, 0) is 21.7 Å². The van der Waals surface area contributed by atoms with Crippen LogP contribution in [0, 0.1) is 6.42 Å². The van der Waals surface area contributed by atoms with E-state index in [1.165, 1.54) is 19.3 Å². The first-order valence-electron chi connectivity index (χ1n) is 1.82. The minimum absolute atomic E-state index is 0. The summed E-state index contributed by atoms with van der Waals surface area (Å²) in [4.78, 5) is 0. The van der Waals surface area contributed by atoms with Crippen LogP contribution in [0.4, 0.5) is 0 Å². The summed E-state index contributed by atoms with van der Waals surface area (Å²) in [5.41, 5.74) is 0. The fourth-order valence-electron chi connectivity index (χ4n) is 0.204. The monoisotopic (exact) mass is 103 g/mol. The van der Waals surface area contributed by atoms with Gasteiger partial charge in [-0.1, -0.05) is 0 Å². The van der Waals surface area contributed by atoms with Gasteiger partial charge in [-0.05, 0) is 0 Å². The summed E-state index contributed by atoms with van der Waals surface area (Å²) >= 11 is 0. The molecule has 0 nitrogen and oxygen atoms in total. The van der Waals surface area contributed by atoms with Crippen molar-refractivity contribution >= 4 is 0 Å². The second-order valence-corrected chi connectivity index (χ2v) is 1.22. The van der Waals surface area contributed by atoms with Crippen LogP contribution < -0.4 is 0 Å². The van der Waals surface area contributed by atoms with Crippen LogP contribution in [0.15, 0.2) is 0 Å². The van der Waals surface area contributed by atoms with E-state index in [-0.39, 0.29) is 21.7 Å². The molecular formula is C4H7Ti-. The topological polar surface area (TPSA) is 0 Å². The second-order valence-electron chi connectivity index (χ2n) is 1.22. The SMILES string of the molecule is [CH-]1CCC1.[Ti]. The zero-order chi connectivity index (χ0) is 2.83. The van der Waals surface area contributed by atoms with E-state index in [2.05, 4.69) is 6.42 Å². The van der Waals surface area contributed by atoms with E-state index in [1.54, 1.807) is 0 Å².